The molecule has 1 aromatic heterocycles. The second kappa shape index (κ2) is 5.53. The molecule has 3 rings (SSSR count). The Morgan fingerprint density at radius 3 is 2.95 bits per heavy atom. The van der Waals surface area contributed by atoms with Gasteiger partial charge in [0.15, 0.2) is 5.78 Å². The molecule has 0 amide bonds. The van der Waals surface area contributed by atoms with Gasteiger partial charge in [-0.15, -0.1) is 11.3 Å². The van der Waals surface area contributed by atoms with E-state index in [1.807, 2.05) is 0 Å². The third-order valence-electron chi connectivity index (χ3n) is 4.09. The number of ketones is 1. The summed E-state index contributed by atoms with van der Waals surface area (Å²) >= 11 is 1.48. The van der Waals surface area contributed by atoms with Crippen LogP contribution < -0.4 is 5.73 Å². The van der Waals surface area contributed by atoms with Crippen molar-refractivity contribution in [1.82, 2.24) is 0 Å². The molecule has 0 saturated carbocycles. The van der Waals surface area contributed by atoms with Gasteiger partial charge in [-0.05, 0) is 30.7 Å². The van der Waals surface area contributed by atoms with Crippen LogP contribution in [-0.2, 0) is 12.8 Å². The van der Waals surface area contributed by atoms with Crippen molar-refractivity contribution in [3.63, 3.8) is 0 Å². The first kappa shape index (κ1) is 14.7. The minimum atomic E-state index is -0.495. The Kier molecular flexibility index (Phi) is 3.70. The van der Waals surface area contributed by atoms with E-state index < -0.39 is 4.92 Å². The van der Waals surface area contributed by atoms with Crippen LogP contribution in [0.5, 0.6) is 0 Å². The molecule has 6 heteroatoms. The van der Waals surface area contributed by atoms with Crippen LogP contribution in [0.25, 0.3) is 0 Å². The summed E-state index contributed by atoms with van der Waals surface area (Å²) in [6.45, 7) is 2.20. The SMILES string of the molecule is CC1CCc2c(sc(N)c2C(=O)c2cccc([N+](=O)[O-])c2)C1. The van der Waals surface area contributed by atoms with E-state index in [9.17, 15) is 14.9 Å². The zero-order valence-corrected chi connectivity index (χ0v) is 13.0. The lowest BCUT2D eigenvalue weighted by atomic mass is 9.86. The van der Waals surface area contributed by atoms with Gasteiger partial charge in [0.2, 0.25) is 0 Å². The molecule has 0 aliphatic heterocycles. The number of anilines is 1. The second-order valence-corrected chi connectivity index (χ2v) is 6.86. The number of fused-ring (bicyclic) bond motifs is 1. The molecule has 1 aliphatic carbocycles. The van der Waals surface area contributed by atoms with Gasteiger partial charge in [-0.3, -0.25) is 14.9 Å². The highest BCUT2D eigenvalue weighted by molar-refractivity contribution is 7.16. The minimum absolute atomic E-state index is 0.0814. The minimum Gasteiger partial charge on any atom is -0.390 e. The summed E-state index contributed by atoms with van der Waals surface area (Å²) in [7, 11) is 0. The van der Waals surface area contributed by atoms with Gasteiger partial charge in [-0.25, -0.2) is 0 Å². The van der Waals surface area contributed by atoms with E-state index in [0.717, 1.165) is 24.8 Å². The Morgan fingerprint density at radius 1 is 1.45 bits per heavy atom. The number of nitrogens with two attached hydrogens (primary N) is 1. The fourth-order valence-electron chi connectivity index (χ4n) is 2.93. The molecule has 1 atom stereocenters. The van der Waals surface area contributed by atoms with Crippen LogP contribution in [0.2, 0.25) is 0 Å². The summed E-state index contributed by atoms with van der Waals surface area (Å²) in [5.41, 5.74) is 7.89. The van der Waals surface area contributed by atoms with Crippen LogP contribution in [0.1, 0.15) is 39.7 Å². The van der Waals surface area contributed by atoms with Gasteiger partial charge in [0, 0.05) is 22.6 Å². The molecule has 1 aliphatic rings. The topological polar surface area (TPSA) is 86.2 Å². The maximum Gasteiger partial charge on any atom is 0.270 e. The van der Waals surface area contributed by atoms with E-state index in [2.05, 4.69) is 6.92 Å². The van der Waals surface area contributed by atoms with Crippen molar-refractivity contribution in [2.24, 2.45) is 5.92 Å². The average molecular weight is 316 g/mol. The number of hydrogen-bond acceptors (Lipinski definition) is 5. The summed E-state index contributed by atoms with van der Waals surface area (Å²) in [6.07, 6.45) is 2.84. The number of hydrogen-bond donors (Lipinski definition) is 1. The maximum absolute atomic E-state index is 12.8. The second-order valence-electron chi connectivity index (χ2n) is 5.73. The quantitative estimate of drug-likeness (QED) is 0.532. The number of nitrogen functional groups attached to an aromatic ring is 1. The number of benzene rings is 1. The predicted molar refractivity (Wildman–Crippen MR) is 86.4 cm³/mol. The smallest absolute Gasteiger partial charge is 0.270 e. The van der Waals surface area contributed by atoms with Crippen molar-refractivity contribution in [3.8, 4) is 0 Å². The van der Waals surface area contributed by atoms with Crippen molar-refractivity contribution in [2.45, 2.75) is 26.2 Å². The fourth-order valence-corrected chi connectivity index (χ4v) is 4.20. The first-order valence-electron chi connectivity index (χ1n) is 7.16. The van der Waals surface area contributed by atoms with E-state index in [4.69, 9.17) is 5.73 Å². The lowest BCUT2D eigenvalue weighted by Crippen LogP contribution is -2.13. The predicted octanol–water partition coefficient (Wildman–Crippen LogP) is 3.59. The van der Waals surface area contributed by atoms with Crippen molar-refractivity contribution >= 4 is 27.8 Å². The molecule has 1 aromatic carbocycles. The Labute approximate surface area is 131 Å². The zero-order valence-electron chi connectivity index (χ0n) is 12.2. The number of rotatable bonds is 3. The number of thiophene rings is 1. The molecule has 2 N–H and O–H groups in total. The lowest BCUT2D eigenvalue weighted by Gasteiger charge is -2.18. The monoisotopic (exact) mass is 316 g/mol. The lowest BCUT2D eigenvalue weighted by molar-refractivity contribution is -0.384. The molecule has 0 radical (unpaired) electrons. The number of non-ortho nitro benzene ring substituents is 1. The molecule has 22 heavy (non-hydrogen) atoms. The van der Waals surface area contributed by atoms with E-state index in [0.29, 0.717) is 22.0 Å². The highest BCUT2D eigenvalue weighted by Crippen LogP contribution is 2.39. The standard InChI is InChI=1S/C16H16N2O3S/c1-9-5-6-12-13(7-9)22-16(17)14(12)15(19)10-3-2-4-11(8-10)18(20)21/h2-4,8-9H,5-7,17H2,1H3. The molecule has 114 valence electrons. The highest BCUT2D eigenvalue weighted by Gasteiger charge is 2.27. The molecule has 0 saturated heterocycles. The van der Waals surface area contributed by atoms with E-state index in [1.54, 1.807) is 6.07 Å². The van der Waals surface area contributed by atoms with Crippen molar-refractivity contribution in [3.05, 3.63) is 55.9 Å². The Morgan fingerprint density at radius 2 is 2.23 bits per heavy atom. The molecule has 5 nitrogen and oxygen atoms in total. The first-order valence-corrected chi connectivity index (χ1v) is 7.98. The van der Waals surface area contributed by atoms with Crippen LogP contribution in [-0.4, -0.2) is 10.7 Å². The summed E-state index contributed by atoms with van der Waals surface area (Å²) < 4.78 is 0. The van der Waals surface area contributed by atoms with E-state index in [1.165, 1.54) is 34.4 Å². The number of nitrogens with zero attached hydrogens (tertiary/aromatic N) is 1. The number of nitro groups is 1. The zero-order chi connectivity index (χ0) is 15.9. The summed E-state index contributed by atoms with van der Waals surface area (Å²) in [5, 5.41) is 11.4. The Hall–Kier alpha value is -2.21. The van der Waals surface area contributed by atoms with Crippen LogP contribution in [0.15, 0.2) is 24.3 Å². The molecule has 2 aromatic rings. The summed E-state index contributed by atoms with van der Waals surface area (Å²) in [4.78, 5) is 24.3. The first-order chi connectivity index (χ1) is 10.5. The van der Waals surface area contributed by atoms with Crippen molar-refractivity contribution < 1.29 is 9.72 Å². The van der Waals surface area contributed by atoms with Gasteiger partial charge in [0.1, 0.15) is 0 Å². The van der Waals surface area contributed by atoms with Gasteiger partial charge >= 0.3 is 0 Å². The number of carbonyl (C=O) groups is 1. The molecule has 1 heterocycles. The van der Waals surface area contributed by atoms with Gasteiger partial charge in [0.25, 0.3) is 5.69 Å². The van der Waals surface area contributed by atoms with Gasteiger partial charge in [-0.2, -0.15) is 0 Å². The van der Waals surface area contributed by atoms with Crippen LogP contribution in [0.3, 0.4) is 0 Å². The Balaban J connectivity index is 2.03. The molecule has 0 fully saturated rings. The molecule has 0 bridgehead atoms. The fraction of sp³-hybridized carbons (Fsp3) is 0.312. The average Bonchev–Trinajstić information content (AvgIpc) is 2.81. The van der Waals surface area contributed by atoms with Gasteiger partial charge in [0.05, 0.1) is 15.5 Å². The van der Waals surface area contributed by atoms with E-state index in [-0.39, 0.29) is 11.5 Å². The van der Waals surface area contributed by atoms with Gasteiger partial charge < -0.3 is 5.73 Å². The van der Waals surface area contributed by atoms with Crippen molar-refractivity contribution in [1.29, 1.82) is 0 Å². The van der Waals surface area contributed by atoms with Gasteiger partial charge in [-0.1, -0.05) is 19.1 Å². The Bertz CT molecular complexity index is 767. The summed E-state index contributed by atoms with van der Waals surface area (Å²) in [6, 6.07) is 5.83. The molecular formula is C16H16N2O3S. The van der Waals surface area contributed by atoms with E-state index >= 15 is 0 Å². The molecule has 1 unspecified atom stereocenters. The van der Waals surface area contributed by atoms with Crippen LogP contribution in [0, 0.1) is 16.0 Å². The summed E-state index contributed by atoms with van der Waals surface area (Å²) in [5.74, 6) is 0.388. The third-order valence-corrected chi connectivity index (χ3v) is 5.17. The normalized spacial score (nSPS) is 17.0. The number of nitro benzene ring substituents is 1. The van der Waals surface area contributed by atoms with Crippen LogP contribution >= 0.6 is 11.3 Å². The highest BCUT2D eigenvalue weighted by atomic mass is 32.1. The van der Waals surface area contributed by atoms with Crippen molar-refractivity contribution in [2.75, 3.05) is 5.73 Å². The largest absolute Gasteiger partial charge is 0.390 e. The molecule has 0 spiro atoms. The maximum atomic E-state index is 12.8. The third kappa shape index (κ3) is 2.50. The van der Waals surface area contributed by atoms with Crippen LogP contribution in [0.4, 0.5) is 10.7 Å². The molecular weight excluding hydrogens is 300 g/mol. The number of carbonyl (C=O) groups excluding carboxylic acids is 1.